The van der Waals surface area contributed by atoms with Crippen LogP contribution in [-0.4, -0.2) is 18.3 Å². The highest BCUT2D eigenvalue weighted by atomic mass is 35.5. The van der Waals surface area contributed by atoms with Crippen molar-refractivity contribution in [3.63, 3.8) is 0 Å². The van der Waals surface area contributed by atoms with Gasteiger partial charge in [-0.25, -0.2) is 8.78 Å². The quantitative estimate of drug-likeness (QED) is 0.765. The number of amides is 1. The molecular formula is C15H20ClF2NO. The third kappa shape index (κ3) is 4.44. The number of hydrogen-bond donors (Lipinski definition) is 1. The minimum atomic E-state index is -0.699. The van der Waals surface area contributed by atoms with E-state index >= 15 is 0 Å². The summed E-state index contributed by atoms with van der Waals surface area (Å²) in [6.07, 6.45) is 1.62. The number of hydrogen-bond acceptors (Lipinski definition) is 1. The fraction of sp³-hybridized carbons (Fsp3) is 0.533. The molecule has 0 aromatic heterocycles. The molecule has 2 nitrogen and oxygen atoms in total. The molecule has 5 heteroatoms. The van der Waals surface area contributed by atoms with Crippen LogP contribution in [-0.2, 0) is 11.2 Å². The van der Waals surface area contributed by atoms with Gasteiger partial charge in [-0.1, -0.05) is 19.9 Å². The first-order valence-electron chi connectivity index (χ1n) is 6.73. The van der Waals surface area contributed by atoms with Crippen molar-refractivity contribution in [2.75, 3.05) is 12.4 Å². The van der Waals surface area contributed by atoms with Crippen LogP contribution in [0.2, 0.25) is 0 Å². The Hall–Kier alpha value is -1.16. The van der Waals surface area contributed by atoms with Crippen LogP contribution in [0.1, 0.15) is 32.3 Å². The van der Waals surface area contributed by atoms with Gasteiger partial charge in [-0.3, -0.25) is 4.79 Å². The molecule has 1 N–H and O–H groups in total. The predicted octanol–water partition coefficient (Wildman–Crippen LogP) is 3.67. The van der Waals surface area contributed by atoms with Gasteiger partial charge in [0.15, 0.2) is 0 Å². The maximum absolute atomic E-state index is 13.4. The molecule has 0 bridgehead atoms. The highest BCUT2D eigenvalue weighted by molar-refractivity contribution is 6.18. The summed E-state index contributed by atoms with van der Waals surface area (Å²) < 4.78 is 26.2. The van der Waals surface area contributed by atoms with Crippen LogP contribution in [0.5, 0.6) is 0 Å². The van der Waals surface area contributed by atoms with Crippen LogP contribution in [0.3, 0.4) is 0 Å². The Morgan fingerprint density at radius 1 is 1.30 bits per heavy atom. The molecule has 0 heterocycles. The molecule has 1 amide bonds. The van der Waals surface area contributed by atoms with E-state index in [9.17, 15) is 13.6 Å². The molecule has 1 rings (SSSR count). The van der Waals surface area contributed by atoms with Crippen LogP contribution in [0.25, 0.3) is 0 Å². The lowest BCUT2D eigenvalue weighted by Crippen LogP contribution is -2.39. The normalized spacial score (nSPS) is 11.4. The Morgan fingerprint density at radius 2 is 1.95 bits per heavy atom. The average molecular weight is 304 g/mol. The fourth-order valence-electron chi connectivity index (χ4n) is 1.92. The van der Waals surface area contributed by atoms with Gasteiger partial charge in [-0.15, -0.1) is 11.6 Å². The smallest absolute Gasteiger partial charge is 0.224 e. The predicted molar refractivity (Wildman–Crippen MR) is 76.8 cm³/mol. The summed E-state index contributed by atoms with van der Waals surface area (Å²) in [5.41, 5.74) is 0.0619. The standard InChI is InChI=1S/C15H20ClF2NO/c1-3-15(4-2,9-16)10-19-14(20)7-11-5-6-12(17)8-13(11)18/h5-6,8H,3-4,7,9-10H2,1-2H3,(H,19,20). The molecule has 0 aliphatic rings. The number of carbonyl (C=O) groups excluding carboxylic acids is 1. The van der Waals surface area contributed by atoms with Crippen molar-refractivity contribution in [3.8, 4) is 0 Å². The summed E-state index contributed by atoms with van der Waals surface area (Å²) >= 11 is 5.96. The molecule has 20 heavy (non-hydrogen) atoms. The van der Waals surface area contributed by atoms with Crippen LogP contribution in [0.15, 0.2) is 18.2 Å². The molecular weight excluding hydrogens is 284 g/mol. The van der Waals surface area contributed by atoms with Crippen molar-refractivity contribution in [1.29, 1.82) is 0 Å². The zero-order chi connectivity index (χ0) is 15.2. The number of carbonyl (C=O) groups is 1. The van der Waals surface area contributed by atoms with Gasteiger partial charge in [-0.2, -0.15) is 0 Å². The van der Waals surface area contributed by atoms with E-state index in [1.54, 1.807) is 0 Å². The number of halogens is 3. The van der Waals surface area contributed by atoms with E-state index in [0.29, 0.717) is 12.4 Å². The maximum Gasteiger partial charge on any atom is 0.224 e. The van der Waals surface area contributed by atoms with Crippen molar-refractivity contribution in [2.24, 2.45) is 5.41 Å². The molecule has 0 fully saturated rings. The number of benzene rings is 1. The third-order valence-electron chi connectivity index (χ3n) is 3.81. The summed E-state index contributed by atoms with van der Waals surface area (Å²) in [6.45, 7) is 4.51. The summed E-state index contributed by atoms with van der Waals surface area (Å²) in [7, 11) is 0. The van der Waals surface area contributed by atoms with Gasteiger partial charge >= 0.3 is 0 Å². The molecule has 1 aromatic rings. The summed E-state index contributed by atoms with van der Waals surface area (Å²) in [5.74, 6) is -1.17. The van der Waals surface area contributed by atoms with Crippen molar-refractivity contribution >= 4 is 17.5 Å². The SMILES string of the molecule is CCC(CC)(CCl)CNC(=O)Cc1ccc(F)cc1F. The van der Waals surface area contributed by atoms with E-state index in [0.717, 1.165) is 25.0 Å². The molecule has 0 aliphatic heterocycles. The second-order valence-electron chi connectivity index (χ2n) is 5.03. The fourth-order valence-corrected chi connectivity index (χ4v) is 2.40. The Kier molecular flexibility index (Phi) is 6.40. The molecule has 0 spiro atoms. The minimum Gasteiger partial charge on any atom is -0.355 e. The first-order chi connectivity index (χ1) is 9.46. The Balaban J connectivity index is 2.60. The van der Waals surface area contributed by atoms with Crippen LogP contribution >= 0.6 is 11.6 Å². The lowest BCUT2D eigenvalue weighted by Gasteiger charge is -2.29. The van der Waals surface area contributed by atoms with E-state index < -0.39 is 11.6 Å². The van der Waals surface area contributed by atoms with Gasteiger partial charge in [0.05, 0.1) is 6.42 Å². The van der Waals surface area contributed by atoms with Gasteiger partial charge in [0.1, 0.15) is 11.6 Å². The molecule has 0 saturated carbocycles. The zero-order valence-corrected chi connectivity index (χ0v) is 12.6. The summed E-state index contributed by atoms with van der Waals surface area (Å²) in [4.78, 5) is 11.8. The number of nitrogens with one attached hydrogen (secondary N) is 1. The lowest BCUT2D eigenvalue weighted by molar-refractivity contribution is -0.121. The third-order valence-corrected chi connectivity index (χ3v) is 4.38. The van der Waals surface area contributed by atoms with E-state index in [-0.39, 0.29) is 23.3 Å². The van der Waals surface area contributed by atoms with E-state index in [1.165, 1.54) is 6.07 Å². The number of alkyl halides is 1. The molecule has 1 aromatic carbocycles. The van der Waals surface area contributed by atoms with Gasteiger partial charge in [0.2, 0.25) is 5.91 Å². The Labute approximate surface area is 123 Å². The summed E-state index contributed by atoms with van der Waals surface area (Å²) in [6, 6.07) is 3.22. The molecule has 0 radical (unpaired) electrons. The van der Waals surface area contributed by atoms with Gasteiger partial charge in [0, 0.05) is 23.9 Å². The van der Waals surface area contributed by atoms with Gasteiger partial charge < -0.3 is 5.32 Å². The monoisotopic (exact) mass is 303 g/mol. The Morgan fingerprint density at radius 3 is 2.45 bits per heavy atom. The highest BCUT2D eigenvalue weighted by Crippen LogP contribution is 2.26. The second-order valence-corrected chi connectivity index (χ2v) is 5.30. The largest absolute Gasteiger partial charge is 0.355 e. The lowest BCUT2D eigenvalue weighted by atomic mass is 9.84. The van der Waals surface area contributed by atoms with E-state index in [4.69, 9.17) is 11.6 Å². The molecule has 0 unspecified atom stereocenters. The Bertz CT molecular complexity index is 453. The first-order valence-corrected chi connectivity index (χ1v) is 7.26. The van der Waals surface area contributed by atoms with Crippen LogP contribution in [0, 0.1) is 17.0 Å². The summed E-state index contributed by atoms with van der Waals surface area (Å²) in [5, 5.41) is 2.78. The average Bonchev–Trinajstić information content (AvgIpc) is 2.44. The molecule has 112 valence electrons. The van der Waals surface area contributed by atoms with E-state index in [1.807, 2.05) is 13.8 Å². The van der Waals surface area contributed by atoms with Crippen molar-refractivity contribution < 1.29 is 13.6 Å². The van der Waals surface area contributed by atoms with Gasteiger partial charge in [0.25, 0.3) is 0 Å². The van der Waals surface area contributed by atoms with Crippen molar-refractivity contribution in [1.82, 2.24) is 5.32 Å². The van der Waals surface area contributed by atoms with Crippen molar-refractivity contribution in [2.45, 2.75) is 33.1 Å². The van der Waals surface area contributed by atoms with Crippen LogP contribution < -0.4 is 5.32 Å². The zero-order valence-electron chi connectivity index (χ0n) is 11.8. The highest BCUT2D eigenvalue weighted by Gasteiger charge is 2.25. The molecule has 0 aliphatic carbocycles. The molecule has 0 saturated heterocycles. The van der Waals surface area contributed by atoms with Crippen LogP contribution in [0.4, 0.5) is 8.78 Å². The second kappa shape index (κ2) is 7.58. The van der Waals surface area contributed by atoms with Gasteiger partial charge in [-0.05, 0) is 24.5 Å². The number of rotatable bonds is 7. The van der Waals surface area contributed by atoms with E-state index in [2.05, 4.69) is 5.32 Å². The molecule has 0 atom stereocenters. The topological polar surface area (TPSA) is 29.1 Å². The maximum atomic E-state index is 13.4. The first kappa shape index (κ1) is 16.9. The minimum absolute atomic E-state index is 0.0993. The van der Waals surface area contributed by atoms with Crippen molar-refractivity contribution in [3.05, 3.63) is 35.4 Å².